The summed E-state index contributed by atoms with van der Waals surface area (Å²) in [6.07, 6.45) is -10.8. The molecule has 2 aliphatic heterocycles. The Hall–Kier alpha value is -5.95. The van der Waals surface area contributed by atoms with Gasteiger partial charge < -0.3 is 47.7 Å². The van der Waals surface area contributed by atoms with Gasteiger partial charge in [0.15, 0.2) is 30.0 Å². The van der Waals surface area contributed by atoms with Gasteiger partial charge in [0.2, 0.25) is 0 Å². The van der Waals surface area contributed by atoms with E-state index in [0.717, 1.165) is 41.5 Å². The second-order valence-electron chi connectivity index (χ2n) is 16.5. The number of pyridine rings is 1. The smallest absolute Gasteiger partial charge is 0.340 e. The summed E-state index contributed by atoms with van der Waals surface area (Å²) >= 11 is 0. The van der Waals surface area contributed by atoms with Crippen molar-refractivity contribution in [1.29, 1.82) is 0 Å². The molecule has 19 nitrogen and oxygen atoms in total. The first-order valence-corrected chi connectivity index (χ1v) is 19.9. The van der Waals surface area contributed by atoms with Gasteiger partial charge in [-0.25, -0.2) is 9.59 Å². The molecule has 4 aliphatic rings. The third-order valence-electron chi connectivity index (χ3n) is 12.4. The molecule has 0 radical (unpaired) electrons. The molecular formula is C43H49NO18. The number of hydrogen-bond donors (Lipinski definition) is 1. The van der Waals surface area contributed by atoms with Gasteiger partial charge in [0, 0.05) is 46.7 Å². The SMILES string of the molecule is CC(=O)OC[C@]12[C@H](OC(C)=O)[C@@H](OC(=O)c3ccccc3)C3[C@@H](OC(C)=O)[C@@]14O[C@@]3(C)COC(=O)c1cccnc1C(C)C(C)C(=O)O[C@@H]([C@H](OC(C)=O)[C@@H]2OC(C)=O)[C@]4(C)O. The molecule has 3 heterocycles. The fourth-order valence-corrected chi connectivity index (χ4v) is 9.82. The molecular weight excluding hydrogens is 818 g/mol. The number of carbonyl (C=O) groups is 8. The molecule has 334 valence electrons. The molecule has 0 amide bonds. The normalized spacial score (nSPS) is 36.0. The number of nitrogens with zero attached hydrogens (tertiary/aromatic N) is 1. The lowest BCUT2D eigenvalue weighted by atomic mass is 9.45. The van der Waals surface area contributed by atoms with E-state index in [1.54, 1.807) is 25.1 Å². The molecule has 2 aliphatic carbocycles. The van der Waals surface area contributed by atoms with E-state index < -0.39 is 138 Å². The number of hydrogen-bond acceptors (Lipinski definition) is 19. The first kappa shape index (κ1) is 45.6. The van der Waals surface area contributed by atoms with Gasteiger partial charge in [-0.3, -0.25) is 33.8 Å². The largest absolute Gasteiger partial charge is 0.465 e. The van der Waals surface area contributed by atoms with E-state index in [9.17, 15) is 43.5 Å². The Kier molecular flexibility index (Phi) is 12.3. The Morgan fingerprint density at radius 2 is 1.32 bits per heavy atom. The molecule has 2 saturated carbocycles. The summed E-state index contributed by atoms with van der Waals surface area (Å²) in [6, 6.07) is 10.4. The monoisotopic (exact) mass is 867 g/mol. The maximum atomic E-state index is 14.5. The average Bonchev–Trinajstić information content (AvgIpc) is 3.42. The van der Waals surface area contributed by atoms with E-state index >= 15 is 0 Å². The minimum atomic E-state index is -2.85. The summed E-state index contributed by atoms with van der Waals surface area (Å²) < 4.78 is 55.4. The molecule has 1 spiro atoms. The fourth-order valence-electron chi connectivity index (χ4n) is 9.82. The second kappa shape index (κ2) is 16.7. The third kappa shape index (κ3) is 7.43. The van der Waals surface area contributed by atoms with Gasteiger partial charge in [0.1, 0.15) is 42.0 Å². The summed E-state index contributed by atoms with van der Waals surface area (Å²) in [5.74, 6) is -11.9. The average molecular weight is 868 g/mol. The standard InChI is InChI=1S/C43H49NO18/c1-20-21(2)37(50)61-34-32(56-23(4)46)36(59-26(7)49)42(19-54-22(3)45)35(58-25(6)48)31(60-38(51)27-14-11-10-12-15-27)29-33(57-24(5)47)43(42,41(34,9)53)62-40(29,8)18-55-39(52)28-16-13-17-44-30(20)28/h10-17,20-21,29,31-36,53H,18-19H2,1-9H3/t20?,21?,29?,31-,32-,33+,34-,35+,36-,40-,41-,42+,43-/m0/s1. The van der Waals surface area contributed by atoms with Gasteiger partial charge in [0.25, 0.3) is 0 Å². The summed E-state index contributed by atoms with van der Waals surface area (Å²) in [4.78, 5) is 114. The first-order chi connectivity index (χ1) is 29.0. The van der Waals surface area contributed by atoms with Crippen molar-refractivity contribution >= 4 is 47.8 Å². The van der Waals surface area contributed by atoms with Crippen LogP contribution in [0, 0.1) is 17.3 Å². The third-order valence-corrected chi connectivity index (χ3v) is 12.4. The predicted octanol–water partition coefficient (Wildman–Crippen LogP) is 2.33. The Morgan fingerprint density at radius 3 is 1.90 bits per heavy atom. The van der Waals surface area contributed by atoms with Crippen molar-refractivity contribution in [3.63, 3.8) is 0 Å². The van der Waals surface area contributed by atoms with Crippen LogP contribution < -0.4 is 0 Å². The number of benzene rings is 1. The van der Waals surface area contributed by atoms with Crippen LogP contribution in [-0.4, -0.2) is 124 Å². The number of aromatic nitrogens is 1. The number of fused-ring (bicyclic) bond motifs is 5. The Bertz CT molecular complexity index is 2160. The lowest BCUT2D eigenvalue weighted by Gasteiger charge is -2.67. The molecule has 2 aromatic rings. The summed E-state index contributed by atoms with van der Waals surface area (Å²) in [5, 5.41) is 13.6. The van der Waals surface area contributed by atoms with Gasteiger partial charge in [-0.2, -0.15) is 0 Å². The number of ether oxygens (including phenoxy) is 9. The fraction of sp³-hybridized carbons (Fsp3) is 0.558. The molecule has 3 unspecified atom stereocenters. The van der Waals surface area contributed by atoms with E-state index in [2.05, 4.69) is 4.98 Å². The molecule has 19 heteroatoms. The van der Waals surface area contributed by atoms with Gasteiger partial charge >= 0.3 is 47.8 Å². The molecule has 1 saturated heterocycles. The van der Waals surface area contributed by atoms with Crippen LogP contribution in [0.15, 0.2) is 48.7 Å². The highest BCUT2D eigenvalue weighted by Gasteiger charge is 2.92. The Morgan fingerprint density at radius 1 is 0.742 bits per heavy atom. The Labute approximate surface area is 355 Å². The highest BCUT2D eigenvalue weighted by Crippen LogP contribution is 2.70. The van der Waals surface area contributed by atoms with Crippen molar-refractivity contribution in [1.82, 2.24) is 4.98 Å². The van der Waals surface area contributed by atoms with Gasteiger partial charge in [-0.05, 0) is 38.1 Å². The molecule has 1 aromatic heterocycles. The van der Waals surface area contributed by atoms with E-state index in [4.69, 9.17) is 42.6 Å². The van der Waals surface area contributed by atoms with Crippen molar-refractivity contribution in [2.24, 2.45) is 17.3 Å². The van der Waals surface area contributed by atoms with Crippen molar-refractivity contribution in [3.05, 3.63) is 65.5 Å². The number of aliphatic hydroxyl groups is 1. The molecule has 4 bridgehead atoms. The molecule has 1 aromatic carbocycles. The predicted molar refractivity (Wildman–Crippen MR) is 205 cm³/mol. The van der Waals surface area contributed by atoms with Crippen LogP contribution >= 0.6 is 0 Å². The highest BCUT2D eigenvalue weighted by atomic mass is 16.7. The minimum absolute atomic E-state index is 0.0151. The molecule has 1 N–H and O–H groups in total. The molecule has 13 atom stereocenters. The maximum Gasteiger partial charge on any atom is 0.340 e. The number of cyclic esters (lactones) is 1. The zero-order valence-electron chi connectivity index (χ0n) is 35.6. The summed E-state index contributed by atoms with van der Waals surface area (Å²) in [7, 11) is 0. The number of rotatable bonds is 8. The molecule has 6 rings (SSSR count). The summed E-state index contributed by atoms with van der Waals surface area (Å²) in [6.45, 7) is 8.64. The van der Waals surface area contributed by atoms with Gasteiger partial charge in [0.05, 0.1) is 28.7 Å². The van der Waals surface area contributed by atoms with Crippen molar-refractivity contribution < 1.29 is 86.1 Å². The van der Waals surface area contributed by atoms with Crippen molar-refractivity contribution in [2.45, 2.75) is 122 Å². The van der Waals surface area contributed by atoms with Crippen LogP contribution in [0.5, 0.6) is 0 Å². The lowest BCUT2D eigenvalue weighted by Crippen LogP contribution is -2.89. The van der Waals surface area contributed by atoms with Crippen molar-refractivity contribution in [2.75, 3.05) is 13.2 Å². The van der Waals surface area contributed by atoms with E-state index in [-0.39, 0.29) is 16.8 Å². The van der Waals surface area contributed by atoms with E-state index in [1.165, 1.54) is 44.3 Å². The zero-order valence-corrected chi connectivity index (χ0v) is 35.6. The maximum absolute atomic E-state index is 14.5. The topological polar surface area (TPSA) is 253 Å². The van der Waals surface area contributed by atoms with Crippen LogP contribution in [0.1, 0.15) is 94.6 Å². The first-order valence-electron chi connectivity index (χ1n) is 19.9. The Balaban J connectivity index is 1.80. The zero-order chi connectivity index (χ0) is 45.7. The molecule has 3 fully saturated rings. The van der Waals surface area contributed by atoms with E-state index in [0.29, 0.717) is 0 Å². The minimum Gasteiger partial charge on any atom is -0.465 e. The van der Waals surface area contributed by atoms with Crippen LogP contribution in [0.4, 0.5) is 0 Å². The molecule has 62 heavy (non-hydrogen) atoms. The quantitative estimate of drug-likeness (QED) is 0.295. The van der Waals surface area contributed by atoms with Crippen LogP contribution in [-0.2, 0) is 71.4 Å². The number of esters is 8. The number of carbonyl (C=O) groups excluding carboxylic acids is 8. The van der Waals surface area contributed by atoms with Crippen molar-refractivity contribution in [3.8, 4) is 0 Å². The van der Waals surface area contributed by atoms with Crippen LogP contribution in [0.25, 0.3) is 0 Å². The van der Waals surface area contributed by atoms with E-state index in [1.807, 2.05) is 0 Å². The highest BCUT2D eigenvalue weighted by molar-refractivity contribution is 5.91. The van der Waals surface area contributed by atoms with Gasteiger partial charge in [-0.15, -0.1) is 0 Å². The lowest BCUT2D eigenvalue weighted by molar-refractivity contribution is -0.386. The summed E-state index contributed by atoms with van der Waals surface area (Å²) in [5.41, 5.74) is -10.3. The van der Waals surface area contributed by atoms with Crippen LogP contribution in [0.3, 0.4) is 0 Å². The van der Waals surface area contributed by atoms with Crippen LogP contribution in [0.2, 0.25) is 0 Å². The van der Waals surface area contributed by atoms with Gasteiger partial charge in [-0.1, -0.05) is 32.0 Å². The second-order valence-corrected chi connectivity index (χ2v) is 16.5.